The Balaban J connectivity index is 2.15. The molecule has 102 valence electrons. The number of nitriles is 1. The van der Waals surface area contributed by atoms with Crippen molar-refractivity contribution in [3.8, 4) is 17.5 Å². The van der Waals surface area contributed by atoms with E-state index in [0.29, 0.717) is 11.1 Å². The Morgan fingerprint density at radius 3 is 2.65 bits per heavy atom. The van der Waals surface area contributed by atoms with Crippen LogP contribution in [0.15, 0.2) is 28.8 Å². The van der Waals surface area contributed by atoms with Crippen molar-refractivity contribution >= 4 is 5.91 Å². The monoisotopic (exact) mass is 278 g/mol. The molecule has 1 N–H and O–H groups in total. The standard InChI is InChI=1S/C12H8F2N4O2/c13-9(14)12-17-10(18-20-12)7-1-3-8(4-2-7)11(19)16-6-5-15/h1-4,9H,6H2,(H,16,19). The molecule has 2 rings (SSSR count). The predicted octanol–water partition coefficient (Wildman–Crippen LogP) is 1.93. The smallest absolute Gasteiger partial charge is 0.315 e. The second-order valence-corrected chi connectivity index (χ2v) is 3.68. The fourth-order valence-electron chi connectivity index (χ4n) is 1.43. The zero-order valence-electron chi connectivity index (χ0n) is 10.0. The molecule has 0 radical (unpaired) electrons. The summed E-state index contributed by atoms with van der Waals surface area (Å²) in [6.45, 7) is -0.0941. The first-order valence-corrected chi connectivity index (χ1v) is 5.49. The van der Waals surface area contributed by atoms with E-state index in [1.54, 1.807) is 6.07 Å². The second-order valence-electron chi connectivity index (χ2n) is 3.68. The number of nitrogens with one attached hydrogen (secondary N) is 1. The molecule has 0 atom stereocenters. The molecule has 0 bridgehead atoms. The minimum Gasteiger partial charge on any atom is -0.339 e. The van der Waals surface area contributed by atoms with E-state index in [-0.39, 0.29) is 12.4 Å². The fraction of sp³-hybridized carbons (Fsp3) is 0.167. The third kappa shape index (κ3) is 2.95. The van der Waals surface area contributed by atoms with Crippen LogP contribution in [-0.4, -0.2) is 22.6 Å². The number of halogens is 2. The number of hydrogen-bond acceptors (Lipinski definition) is 5. The van der Waals surface area contributed by atoms with Gasteiger partial charge < -0.3 is 9.84 Å². The van der Waals surface area contributed by atoms with Gasteiger partial charge in [-0.15, -0.1) is 0 Å². The summed E-state index contributed by atoms with van der Waals surface area (Å²) in [6, 6.07) is 7.73. The van der Waals surface area contributed by atoms with Crippen molar-refractivity contribution < 1.29 is 18.1 Å². The molecule has 0 aliphatic heterocycles. The topological polar surface area (TPSA) is 91.8 Å². The molecule has 6 nitrogen and oxygen atoms in total. The van der Waals surface area contributed by atoms with Crippen molar-refractivity contribution in [2.24, 2.45) is 0 Å². The second kappa shape index (κ2) is 5.88. The van der Waals surface area contributed by atoms with Gasteiger partial charge in [0.05, 0.1) is 6.07 Å². The summed E-state index contributed by atoms with van der Waals surface area (Å²) in [5.74, 6) is -1.14. The number of aromatic nitrogens is 2. The molecule has 1 heterocycles. The predicted molar refractivity (Wildman–Crippen MR) is 62.6 cm³/mol. The molecule has 0 saturated heterocycles. The lowest BCUT2D eigenvalue weighted by Crippen LogP contribution is -2.23. The van der Waals surface area contributed by atoms with Crippen molar-refractivity contribution in [3.63, 3.8) is 0 Å². The average Bonchev–Trinajstić information content (AvgIpc) is 2.95. The third-order valence-corrected chi connectivity index (χ3v) is 2.36. The number of rotatable bonds is 4. The van der Waals surface area contributed by atoms with Gasteiger partial charge >= 0.3 is 6.43 Å². The van der Waals surface area contributed by atoms with Crippen LogP contribution >= 0.6 is 0 Å². The first-order valence-electron chi connectivity index (χ1n) is 5.49. The van der Waals surface area contributed by atoms with E-state index in [2.05, 4.69) is 20.0 Å². The van der Waals surface area contributed by atoms with Crippen molar-refractivity contribution in [2.75, 3.05) is 6.54 Å². The molecule has 1 amide bonds. The van der Waals surface area contributed by atoms with Gasteiger partial charge in [-0.2, -0.15) is 19.0 Å². The van der Waals surface area contributed by atoms with Crippen LogP contribution < -0.4 is 5.32 Å². The summed E-state index contributed by atoms with van der Waals surface area (Å²) in [5.41, 5.74) is 0.777. The number of nitrogens with zero attached hydrogens (tertiary/aromatic N) is 3. The minimum absolute atomic E-state index is 0.0179. The third-order valence-electron chi connectivity index (χ3n) is 2.36. The van der Waals surface area contributed by atoms with E-state index in [4.69, 9.17) is 5.26 Å². The highest BCUT2D eigenvalue weighted by molar-refractivity contribution is 5.94. The average molecular weight is 278 g/mol. The van der Waals surface area contributed by atoms with Gasteiger partial charge in [0.15, 0.2) is 0 Å². The molecule has 0 fully saturated rings. The van der Waals surface area contributed by atoms with Gasteiger partial charge in [0.25, 0.3) is 11.8 Å². The Morgan fingerprint density at radius 2 is 2.10 bits per heavy atom. The number of benzene rings is 1. The van der Waals surface area contributed by atoms with Gasteiger partial charge in [-0.1, -0.05) is 17.3 Å². The summed E-state index contributed by atoms with van der Waals surface area (Å²) in [5, 5.41) is 14.1. The Labute approximate surface area is 112 Å². The zero-order valence-corrected chi connectivity index (χ0v) is 10.0. The van der Waals surface area contributed by atoms with E-state index in [1.807, 2.05) is 0 Å². The zero-order chi connectivity index (χ0) is 14.5. The number of alkyl halides is 2. The first kappa shape index (κ1) is 13.6. The van der Waals surface area contributed by atoms with Crippen molar-refractivity contribution in [3.05, 3.63) is 35.7 Å². The van der Waals surface area contributed by atoms with Crippen LogP contribution in [0, 0.1) is 11.3 Å². The fourth-order valence-corrected chi connectivity index (χ4v) is 1.43. The molecule has 1 aromatic carbocycles. The maximum Gasteiger partial charge on any atom is 0.315 e. The molecule has 0 unspecified atom stereocenters. The molecule has 0 aliphatic rings. The minimum atomic E-state index is -2.83. The summed E-state index contributed by atoms with van der Waals surface area (Å²) >= 11 is 0. The molecular weight excluding hydrogens is 270 g/mol. The summed E-state index contributed by atoms with van der Waals surface area (Å²) < 4.78 is 29.0. The number of carbonyl (C=O) groups excluding carboxylic acids is 1. The van der Waals surface area contributed by atoms with Gasteiger partial charge in [-0.3, -0.25) is 4.79 Å². The van der Waals surface area contributed by atoms with E-state index >= 15 is 0 Å². The Kier molecular flexibility index (Phi) is 4.00. The van der Waals surface area contributed by atoms with Crippen molar-refractivity contribution in [1.29, 1.82) is 5.26 Å². The Morgan fingerprint density at radius 1 is 1.40 bits per heavy atom. The number of amides is 1. The van der Waals surface area contributed by atoms with E-state index in [1.165, 1.54) is 24.3 Å². The highest BCUT2D eigenvalue weighted by Gasteiger charge is 2.17. The molecule has 20 heavy (non-hydrogen) atoms. The Hall–Kier alpha value is -2.82. The van der Waals surface area contributed by atoms with Crippen LogP contribution in [0.25, 0.3) is 11.4 Å². The quantitative estimate of drug-likeness (QED) is 0.863. The summed E-state index contributed by atoms with van der Waals surface area (Å²) in [6.07, 6.45) is -2.83. The summed E-state index contributed by atoms with van der Waals surface area (Å²) in [7, 11) is 0. The molecule has 1 aromatic heterocycles. The van der Waals surface area contributed by atoms with Crippen molar-refractivity contribution in [2.45, 2.75) is 6.43 Å². The lowest BCUT2D eigenvalue weighted by atomic mass is 10.1. The van der Waals surface area contributed by atoms with E-state index < -0.39 is 18.2 Å². The maximum absolute atomic E-state index is 12.3. The van der Waals surface area contributed by atoms with Gasteiger partial charge in [0, 0.05) is 11.1 Å². The molecule has 0 saturated carbocycles. The SMILES string of the molecule is N#CCNC(=O)c1ccc(-c2noc(C(F)F)n2)cc1. The Bertz CT molecular complexity index is 646. The number of hydrogen-bond donors (Lipinski definition) is 1. The van der Waals surface area contributed by atoms with Crippen LogP contribution in [0.4, 0.5) is 8.78 Å². The summed E-state index contributed by atoms with van der Waals surface area (Å²) in [4.78, 5) is 15.1. The molecule has 0 aliphatic carbocycles. The van der Waals surface area contributed by atoms with Gasteiger partial charge in [0.1, 0.15) is 6.54 Å². The highest BCUT2D eigenvalue weighted by atomic mass is 19.3. The van der Waals surface area contributed by atoms with E-state index in [9.17, 15) is 13.6 Å². The molecule has 2 aromatic rings. The molecular formula is C12H8F2N4O2. The van der Waals surface area contributed by atoms with E-state index in [0.717, 1.165) is 0 Å². The van der Waals surface area contributed by atoms with Gasteiger partial charge in [-0.25, -0.2) is 0 Å². The normalized spacial score (nSPS) is 10.3. The lowest BCUT2D eigenvalue weighted by Gasteiger charge is -2.01. The van der Waals surface area contributed by atoms with Gasteiger partial charge in [0.2, 0.25) is 5.82 Å². The number of carbonyl (C=O) groups is 1. The molecule has 8 heteroatoms. The van der Waals surface area contributed by atoms with Crippen LogP contribution in [0.5, 0.6) is 0 Å². The molecule has 0 spiro atoms. The first-order chi connectivity index (χ1) is 9.61. The van der Waals surface area contributed by atoms with Crippen LogP contribution in [0.1, 0.15) is 22.7 Å². The van der Waals surface area contributed by atoms with Crippen molar-refractivity contribution in [1.82, 2.24) is 15.5 Å². The van der Waals surface area contributed by atoms with Gasteiger partial charge in [-0.05, 0) is 12.1 Å². The maximum atomic E-state index is 12.3. The van der Waals surface area contributed by atoms with Crippen LogP contribution in [-0.2, 0) is 0 Å². The highest BCUT2D eigenvalue weighted by Crippen LogP contribution is 2.21. The largest absolute Gasteiger partial charge is 0.339 e. The van der Waals surface area contributed by atoms with Crippen LogP contribution in [0.2, 0.25) is 0 Å². The van der Waals surface area contributed by atoms with Crippen LogP contribution in [0.3, 0.4) is 0 Å². The lowest BCUT2D eigenvalue weighted by molar-refractivity contribution is 0.0958.